The van der Waals surface area contributed by atoms with E-state index in [4.69, 9.17) is 4.74 Å². The molecule has 1 aliphatic heterocycles. The number of halogens is 1. The predicted octanol–water partition coefficient (Wildman–Crippen LogP) is 3.17. The Morgan fingerprint density at radius 1 is 1.31 bits per heavy atom. The summed E-state index contributed by atoms with van der Waals surface area (Å²) < 4.78 is 19.9. The molecule has 3 rings (SSSR count). The SMILES string of the molecule is CN=C(NCCOc1ccccc1C(C)C)NC1CCN(c2ncccc2F)C1. The van der Waals surface area contributed by atoms with Crippen LogP contribution < -0.4 is 20.3 Å². The molecule has 0 amide bonds. The number of guanidine groups is 1. The van der Waals surface area contributed by atoms with Gasteiger partial charge in [0.15, 0.2) is 17.6 Å². The van der Waals surface area contributed by atoms with Crippen LogP contribution in [0.3, 0.4) is 0 Å². The molecular formula is C22H30FN5O. The molecule has 1 aliphatic rings. The topological polar surface area (TPSA) is 61.8 Å². The van der Waals surface area contributed by atoms with E-state index >= 15 is 0 Å². The standard InChI is InChI=1S/C22H30FN5O/c1-16(2)18-7-4-5-9-20(18)29-14-12-26-22(24-3)27-17-10-13-28(15-17)21-19(23)8-6-11-25-21/h4-9,11,16-17H,10,12-15H2,1-3H3,(H2,24,26,27). The highest BCUT2D eigenvalue weighted by atomic mass is 19.1. The van der Waals surface area contributed by atoms with Gasteiger partial charge >= 0.3 is 0 Å². The van der Waals surface area contributed by atoms with Gasteiger partial charge in [0.1, 0.15) is 12.4 Å². The number of aromatic nitrogens is 1. The summed E-state index contributed by atoms with van der Waals surface area (Å²) in [5, 5.41) is 6.69. The van der Waals surface area contributed by atoms with Crippen LogP contribution in [0, 0.1) is 5.82 Å². The lowest BCUT2D eigenvalue weighted by atomic mass is 10.0. The van der Waals surface area contributed by atoms with E-state index in [9.17, 15) is 4.39 Å². The lowest BCUT2D eigenvalue weighted by Gasteiger charge is -2.20. The fourth-order valence-corrected chi connectivity index (χ4v) is 3.49. The lowest BCUT2D eigenvalue weighted by molar-refractivity contribution is 0.317. The van der Waals surface area contributed by atoms with E-state index in [1.807, 2.05) is 23.1 Å². The number of aliphatic imine (C=N–C) groups is 1. The second kappa shape index (κ2) is 10.1. The molecule has 1 saturated heterocycles. The zero-order valence-electron chi connectivity index (χ0n) is 17.4. The average Bonchev–Trinajstić information content (AvgIpc) is 3.19. The Labute approximate surface area is 172 Å². The minimum absolute atomic E-state index is 0.185. The number of rotatable bonds is 7. The molecule has 0 spiro atoms. The van der Waals surface area contributed by atoms with Crippen LogP contribution in [0.4, 0.5) is 10.2 Å². The first-order chi connectivity index (χ1) is 14.1. The number of nitrogens with zero attached hydrogens (tertiary/aromatic N) is 3. The van der Waals surface area contributed by atoms with Gasteiger partial charge in [-0.15, -0.1) is 0 Å². The fraction of sp³-hybridized carbons (Fsp3) is 0.455. The Hall–Kier alpha value is -2.83. The maximum Gasteiger partial charge on any atom is 0.191 e. The van der Waals surface area contributed by atoms with E-state index in [0.29, 0.717) is 31.4 Å². The number of para-hydroxylation sites is 1. The molecule has 1 aromatic carbocycles. The van der Waals surface area contributed by atoms with E-state index < -0.39 is 0 Å². The van der Waals surface area contributed by atoms with Crippen LogP contribution in [0.15, 0.2) is 47.6 Å². The number of anilines is 1. The van der Waals surface area contributed by atoms with Crippen molar-refractivity contribution in [1.82, 2.24) is 15.6 Å². The van der Waals surface area contributed by atoms with E-state index in [2.05, 4.69) is 40.5 Å². The highest BCUT2D eigenvalue weighted by molar-refractivity contribution is 5.80. The quantitative estimate of drug-likeness (QED) is 0.425. The summed E-state index contributed by atoms with van der Waals surface area (Å²) in [5.41, 5.74) is 1.21. The fourth-order valence-electron chi connectivity index (χ4n) is 3.49. The monoisotopic (exact) mass is 399 g/mol. The molecule has 0 aliphatic carbocycles. The van der Waals surface area contributed by atoms with Crippen molar-refractivity contribution in [1.29, 1.82) is 0 Å². The molecule has 1 aromatic heterocycles. The van der Waals surface area contributed by atoms with E-state index in [-0.39, 0.29) is 11.9 Å². The summed E-state index contributed by atoms with van der Waals surface area (Å²) in [7, 11) is 1.75. The zero-order chi connectivity index (χ0) is 20.6. The summed E-state index contributed by atoms with van der Waals surface area (Å²) in [5.74, 6) is 2.20. The van der Waals surface area contributed by atoms with E-state index in [1.54, 1.807) is 19.3 Å². The number of nitrogens with one attached hydrogen (secondary N) is 2. The maximum absolute atomic E-state index is 13.9. The lowest BCUT2D eigenvalue weighted by Crippen LogP contribution is -2.45. The number of hydrogen-bond donors (Lipinski definition) is 2. The summed E-state index contributed by atoms with van der Waals surface area (Å²) in [6.45, 7) is 6.95. The van der Waals surface area contributed by atoms with Crippen molar-refractivity contribution in [2.75, 3.05) is 38.2 Å². The molecule has 156 valence electrons. The second-order valence-corrected chi connectivity index (χ2v) is 7.42. The normalized spacial score (nSPS) is 16.9. The highest BCUT2D eigenvalue weighted by Gasteiger charge is 2.25. The van der Waals surface area contributed by atoms with Crippen molar-refractivity contribution in [2.24, 2.45) is 4.99 Å². The van der Waals surface area contributed by atoms with Crippen LogP contribution in [0.1, 0.15) is 31.7 Å². The molecule has 1 fully saturated rings. The summed E-state index contributed by atoms with van der Waals surface area (Å²) >= 11 is 0. The Morgan fingerprint density at radius 2 is 2.14 bits per heavy atom. The third-order valence-electron chi connectivity index (χ3n) is 4.98. The largest absolute Gasteiger partial charge is 0.491 e. The van der Waals surface area contributed by atoms with Crippen LogP contribution in [0.2, 0.25) is 0 Å². The van der Waals surface area contributed by atoms with Gasteiger partial charge in [0, 0.05) is 32.4 Å². The van der Waals surface area contributed by atoms with Crippen molar-refractivity contribution in [2.45, 2.75) is 32.2 Å². The van der Waals surface area contributed by atoms with Gasteiger partial charge in [-0.3, -0.25) is 4.99 Å². The molecule has 1 atom stereocenters. The molecule has 0 bridgehead atoms. The van der Waals surface area contributed by atoms with Gasteiger partial charge in [-0.05, 0) is 36.1 Å². The van der Waals surface area contributed by atoms with Gasteiger partial charge in [0.2, 0.25) is 0 Å². The first-order valence-electron chi connectivity index (χ1n) is 10.1. The molecule has 7 heteroatoms. The van der Waals surface area contributed by atoms with Crippen LogP contribution in [0.5, 0.6) is 5.75 Å². The van der Waals surface area contributed by atoms with Crippen molar-refractivity contribution < 1.29 is 9.13 Å². The summed E-state index contributed by atoms with van der Waals surface area (Å²) in [6.07, 6.45) is 2.52. The first-order valence-corrected chi connectivity index (χ1v) is 10.1. The van der Waals surface area contributed by atoms with Crippen LogP contribution >= 0.6 is 0 Å². The number of benzene rings is 1. The molecule has 2 aromatic rings. The Kier molecular flexibility index (Phi) is 7.27. The molecule has 6 nitrogen and oxygen atoms in total. The first kappa shape index (κ1) is 20.9. The number of pyridine rings is 1. The molecule has 29 heavy (non-hydrogen) atoms. The van der Waals surface area contributed by atoms with Crippen molar-refractivity contribution in [3.8, 4) is 5.75 Å². The molecular weight excluding hydrogens is 369 g/mol. The molecule has 1 unspecified atom stereocenters. The van der Waals surface area contributed by atoms with Crippen molar-refractivity contribution in [3.05, 3.63) is 54.0 Å². The van der Waals surface area contributed by atoms with Gasteiger partial charge in [-0.25, -0.2) is 9.37 Å². The molecule has 2 N–H and O–H groups in total. The number of ether oxygens (including phenoxy) is 1. The third kappa shape index (κ3) is 5.59. The summed E-state index contributed by atoms with van der Waals surface area (Å²) in [6, 6.07) is 11.4. The Balaban J connectivity index is 1.44. The van der Waals surface area contributed by atoms with Crippen LogP contribution in [-0.2, 0) is 0 Å². The predicted molar refractivity (Wildman–Crippen MR) is 115 cm³/mol. The second-order valence-electron chi connectivity index (χ2n) is 7.42. The molecule has 0 radical (unpaired) electrons. The highest BCUT2D eigenvalue weighted by Crippen LogP contribution is 2.25. The van der Waals surface area contributed by atoms with Crippen LogP contribution in [0.25, 0.3) is 0 Å². The van der Waals surface area contributed by atoms with E-state index in [1.165, 1.54) is 11.6 Å². The van der Waals surface area contributed by atoms with Gasteiger partial charge in [0.25, 0.3) is 0 Å². The Bertz CT molecular complexity index is 826. The molecule has 0 saturated carbocycles. The maximum atomic E-state index is 13.9. The summed E-state index contributed by atoms with van der Waals surface area (Å²) in [4.78, 5) is 10.4. The molecule has 2 heterocycles. The number of hydrogen-bond acceptors (Lipinski definition) is 4. The minimum Gasteiger partial charge on any atom is -0.491 e. The van der Waals surface area contributed by atoms with E-state index in [0.717, 1.165) is 24.7 Å². The average molecular weight is 400 g/mol. The van der Waals surface area contributed by atoms with Gasteiger partial charge in [-0.2, -0.15) is 0 Å². The zero-order valence-corrected chi connectivity index (χ0v) is 17.4. The Morgan fingerprint density at radius 3 is 2.90 bits per heavy atom. The van der Waals surface area contributed by atoms with Gasteiger partial charge < -0.3 is 20.3 Å². The minimum atomic E-state index is -0.283. The van der Waals surface area contributed by atoms with Crippen molar-refractivity contribution in [3.63, 3.8) is 0 Å². The van der Waals surface area contributed by atoms with Crippen LogP contribution in [-0.4, -0.2) is 50.3 Å². The van der Waals surface area contributed by atoms with Crippen molar-refractivity contribution >= 4 is 11.8 Å². The van der Waals surface area contributed by atoms with Gasteiger partial charge in [-0.1, -0.05) is 32.0 Å². The smallest absolute Gasteiger partial charge is 0.191 e. The van der Waals surface area contributed by atoms with Gasteiger partial charge in [0.05, 0.1) is 6.54 Å². The third-order valence-corrected chi connectivity index (χ3v) is 4.98.